The predicted molar refractivity (Wildman–Crippen MR) is 67.3 cm³/mol. The lowest BCUT2D eigenvalue weighted by Crippen LogP contribution is -2.26. The molecule has 0 aliphatic rings. The van der Waals surface area contributed by atoms with Gasteiger partial charge in [-0.05, 0) is 18.9 Å². The van der Waals surface area contributed by atoms with Gasteiger partial charge in [0.2, 0.25) is 0 Å². The highest BCUT2D eigenvalue weighted by Gasteiger charge is 2.11. The highest BCUT2D eigenvalue weighted by atomic mass is 35.5. The molecular weight excluding hydrogens is 259 g/mol. The molecule has 100 valence electrons. The lowest BCUT2D eigenvalue weighted by Gasteiger charge is -2.06. The average Bonchev–Trinajstić information content (AvgIpc) is 2.36. The summed E-state index contributed by atoms with van der Waals surface area (Å²) in [6.45, 7) is 3.78. The first kappa shape index (κ1) is 14.9. The summed E-state index contributed by atoms with van der Waals surface area (Å²) in [5, 5.41) is 2.63. The number of amides is 1. The van der Waals surface area contributed by atoms with Gasteiger partial charge in [-0.2, -0.15) is 0 Å². The molecule has 0 radical (unpaired) electrons. The van der Waals surface area contributed by atoms with Gasteiger partial charge in [0.05, 0.1) is 11.8 Å². The van der Waals surface area contributed by atoms with Gasteiger partial charge in [0, 0.05) is 19.8 Å². The molecule has 1 N–H and O–H groups in total. The molecule has 0 aliphatic heterocycles. The molecule has 0 saturated carbocycles. The number of nitrogens with zero attached hydrogens (tertiary/aromatic N) is 1. The molecule has 1 amide bonds. The topological polar surface area (TPSA) is 51.2 Å². The van der Waals surface area contributed by atoms with E-state index in [0.29, 0.717) is 26.2 Å². The van der Waals surface area contributed by atoms with Gasteiger partial charge in [0.1, 0.15) is 11.0 Å². The van der Waals surface area contributed by atoms with Crippen molar-refractivity contribution in [1.82, 2.24) is 10.3 Å². The summed E-state index contributed by atoms with van der Waals surface area (Å²) in [5.41, 5.74) is 0.0474. The van der Waals surface area contributed by atoms with Crippen molar-refractivity contribution < 1.29 is 13.9 Å². The minimum Gasteiger partial charge on any atom is -0.381 e. The summed E-state index contributed by atoms with van der Waals surface area (Å²) in [5.74, 6) is -1.02. The van der Waals surface area contributed by atoms with E-state index in [4.69, 9.17) is 16.3 Å². The van der Waals surface area contributed by atoms with Crippen molar-refractivity contribution in [3.05, 3.63) is 28.8 Å². The Balaban J connectivity index is 2.34. The van der Waals surface area contributed by atoms with Crippen LogP contribution in [0.25, 0.3) is 0 Å². The van der Waals surface area contributed by atoms with E-state index in [1.807, 2.05) is 6.92 Å². The number of hydrogen-bond donors (Lipinski definition) is 1. The van der Waals surface area contributed by atoms with Gasteiger partial charge in [-0.1, -0.05) is 18.5 Å². The molecule has 4 nitrogen and oxygen atoms in total. The van der Waals surface area contributed by atoms with Gasteiger partial charge in [-0.3, -0.25) is 4.79 Å². The van der Waals surface area contributed by atoms with E-state index in [1.54, 1.807) is 0 Å². The molecule has 0 unspecified atom stereocenters. The molecule has 0 bridgehead atoms. The van der Waals surface area contributed by atoms with Crippen LogP contribution in [0.2, 0.25) is 5.15 Å². The van der Waals surface area contributed by atoms with Gasteiger partial charge >= 0.3 is 0 Å². The van der Waals surface area contributed by atoms with Crippen LogP contribution in [-0.4, -0.2) is 30.6 Å². The monoisotopic (exact) mass is 274 g/mol. The number of carbonyl (C=O) groups excluding carboxylic acids is 1. The number of ether oxygens (including phenoxy) is 1. The molecular formula is C12H16ClFN2O2. The van der Waals surface area contributed by atoms with Crippen molar-refractivity contribution in [2.45, 2.75) is 19.8 Å². The molecule has 0 spiro atoms. The van der Waals surface area contributed by atoms with E-state index < -0.39 is 11.7 Å². The first-order chi connectivity index (χ1) is 8.65. The number of rotatable bonds is 7. The van der Waals surface area contributed by atoms with Crippen LogP contribution in [0.1, 0.15) is 30.1 Å². The average molecular weight is 275 g/mol. The summed E-state index contributed by atoms with van der Waals surface area (Å²) < 4.78 is 18.2. The van der Waals surface area contributed by atoms with Crippen LogP contribution in [-0.2, 0) is 4.74 Å². The van der Waals surface area contributed by atoms with Crippen molar-refractivity contribution in [2.75, 3.05) is 19.8 Å². The quantitative estimate of drug-likeness (QED) is 0.614. The molecule has 1 heterocycles. The third-order valence-corrected chi connectivity index (χ3v) is 2.45. The van der Waals surface area contributed by atoms with Crippen molar-refractivity contribution in [1.29, 1.82) is 0 Å². The smallest absolute Gasteiger partial charge is 0.254 e. The maximum atomic E-state index is 12.9. The molecule has 18 heavy (non-hydrogen) atoms. The molecule has 1 aromatic heterocycles. The van der Waals surface area contributed by atoms with Gasteiger partial charge in [-0.25, -0.2) is 9.37 Å². The third kappa shape index (κ3) is 4.98. The molecule has 1 rings (SSSR count). The van der Waals surface area contributed by atoms with E-state index in [0.717, 1.165) is 18.7 Å². The number of aromatic nitrogens is 1. The lowest BCUT2D eigenvalue weighted by atomic mass is 10.2. The van der Waals surface area contributed by atoms with E-state index in [9.17, 15) is 9.18 Å². The number of pyridine rings is 1. The number of carbonyl (C=O) groups is 1. The van der Waals surface area contributed by atoms with Crippen LogP contribution in [0, 0.1) is 5.82 Å². The van der Waals surface area contributed by atoms with E-state index in [1.165, 1.54) is 0 Å². The zero-order valence-electron chi connectivity index (χ0n) is 10.2. The molecule has 0 fully saturated rings. The minimum atomic E-state index is -0.587. The molecule has 6 heteroatoms. The maximum Gasteiger partial charge on any atom is 0.254 e. The van der Waals surface area contributed by atoms with Crippen LogP contribution >= 0.6 is 11.6 Å². The number of hydrogen-bond acceptors (Lipinski definition) is 3. The fraction of sp³-hybridized carbons (Fsp3) is 0.500. The first-order valence-corrected chi connectivity index (χ1v) is 6.20. The lowest BCUT2D eigenvalue weighted by molar-refractivity contribution is 0.0940. The van der Waals surface area contributed by atoms with E-state index in [2.05, 4.69) is 10.3 Å². The Hall–Kier alpha value is -1.20. The van der Waals surface area contributed by atoms with Crippen LogP contribution in [0.3, 0.4) is 0 Å². The second kappa shape index (κ2) is 8.00. The number of halogens is 2. The normalized spacial score (nSPS) is 10.4. The van der Waals surface area contributed by atoms with Crippen molar-refractivity contribution in [3.8, 4) is 0 Å². The first-order valence-electron chi connectivity index (χ1n) is 5.82. The Kier molecular flexibility index (Phi) is 6.60. The summed E-state index contributed by atoms with van der Waals surface area (Å²) in [4.78, 5) is 15.2. The molecule has 0 aliphatic carbocycles. The van der Waals surface area contributed by atoms with E-state index in [-0.39, 0.29) is 10.7 Å². The predicted octanol–water partition coefficient (Wildman–Crippen LogP) is 2.42. The summed E-state index contributed by atoms with van der Waals surface area (Å²) in [6, 6.07) is 1.07. The van der Waals surface area contributed by atoms with Crippen LogP contribution in [0.15, 0.2) is 12.3 Å². The second-order valence-electron chi connectivity index (χ2n) is 3.71. The Labute approximate surface area is 110 Å². The maximum absolute atomic E-state index is 12.9. The highest BCUT2D eigenvalue weighted by molar-refractivity contribution is 6.32. The Morgan fingerprint density at radius 3 is 3.06 bits per heavy atom. The Bertz CT molecular complexity index is 402. The standard InChI is InChI=1S/C12H16ClFN2O2/c1-2-5-18-6-3-4-15-12(17)10-7-9(14)8-16-11(10)13/h7-8H,2-6H2,1H3,(H,15,17). The van der Waals surface area contributed by atoms with E-state index >= 15 is 0 Å². The van der Waals surface area contributed by atoms with Crippen molar-refractivity contribution in [3.63, 3.8) is 0 Å². The van der Waals surface area contributed by atoms with Crippen LogP contribution in [0.4, 0.5) is 4.39 Å². The van der Waals surface area contributed by atoms with Gasteiger partial charge in [0.15, 0.2) is 0 Å². The van der Waals surface area contributed by atoms with Gasteiger partial charge in [-0.15, -0.1) is 0 Å². The Morgan fingerprint density at radius 2 is 2.33 bits per heavy atom. The zero-order chi connectivity index (χ0) is 13.4. The minimum absolute atomic E-state index is 0.00358. The number of nitrogens with one attached hydrogen (secondary N) is 1. The molecule has 0 saturated heterocycles. The van der Waals surface area contributed by atoms with Gasteiger partial charge in [0.25, 0.3) is 5.91 Å². The Morgan fingerprint density at radius 1 is 1.56 bits per heavy atom. The summed E-state index contributed by atoms with van der Waals surface area (Å²) >= 11 is 5.71. The SMILES string of the molecule is CCCOCCCNC(=O)c1cc(F)cnc1Cl. The molecule has 0 atom stereocenters. The highest BCUT2D eigenvalue weighted by Crippen LogP contribution is 2.13. The third-order valence-electron chi connectivity index (χ3n) is 2.15. The van der Waals surface area contributed by atoms with Gasteiger partial charge < -0.3 is 10.1 Å². The summed E-state index contributed by atoms with van der Waals surface area (Å²) in [6.07, 6.45) is 2.64. The fourth-order valence-corrected chi connectivity index (χ4v) is 1.49. The van der Waals surface area contributed by atoms with Crippen LogP contribution < -0.4 is 5.32 Å². The zero-order valence-corrected chi connectivity index (χ0v) is 11.0. The fourth-order valence-electron chi connectivity index (χ4n) is 1.30. The summed E-state index contributed by atoms with van der Waals surface area (Å²) in [7, 11) is 0. The molecule has 0 aromatic carbocycles. The molecule has 1 aromatic rings. The van der Waals surface area contributed by atoms with Crippen LogP contribution in [0.5, 0.6) is 0 Å². The van der Waals surface area contributed by atoms with Crippen molar-refractivity contribution >= 4 is 17.5 Å². The largest absolute Gasteiger partial charge is 0.381 e. The van der Waals surface area contributed by atoms with Crippen molar-refractivity contribution in [2.24, 2.45) is 0 Å². The second-order valence-corrected chi connectivity index (χ2v) is 4.07.